The third-order valence-electron chi connectivity index (χ3n) is 6.42. The number of carbonyl (C=O) groups is 2. The Bertz CT molecular complexity index is 1570. The summed E-state index contributed by atoms with van der Waals surface area (Å²) in [4.78, 5) is 28.0. The Hall–Kier alpha value is -4.20. The third kappa shape index (κ3) is 7.51. The second-order valence-electron chi connectivity index (χ2n) is 9.14. The van der Waals surface area contributed by atoms with E-state index in [9.17, 15) is 19.1 Å². The molecule has 2 unspecified atom stereocenters. The van der Waals surface area contributed by atoms with Crippen molar-refractivity contribution in [3.63, 3.8) is 0 Å². The van der Waals surface area contributed by atoms with E-state index >= 15 is 0 Å². The molecular weight excluding hydrogens is 542 g/mol. The van der Waals surface area contributed by atoms with Crippen LogP contribution in [0.1, 0.15) is 40.1 Å². The highest BCUT2D eigenvalue weighted by Gasteiger charge is 2.23. The molecule has 2 atom stereocenters. The van der Waals surface area contributed by atoms with Crippen molar-refractivity contribution in [2.24, 2.45) is 10.7 Å². The number of rotatable bonds is 6. The van der Waals surface area contributed by atoms with Crippen LogP contribution in [0.4, 0.5) is 4.39 Å². The number of nitrogens with zero attached hydrogens (tertiary/aromatic N) is 3. The van der Waals surface area contributed by atoms with Crippen LogP contribution < -0.4 is 11.2 Å². The maximum absolute atomic E-state index is 13.6. The van der Waals surface area contributed by atoms with Gasteiger partial charge in [0.2, 0.25) is 5.91 Å². The van der Waals surface area contributed by atoms with Gasteiger partial charge in [-0.3, -0.25) is 9.79 Å². The topological polar surface area (TPSA) is 120 Å². The van der Waals surface area contributed by atoms with Crippen LogP contribution in [-0.2, 0) is 16.6 Å². The highest BCUT2D eigenvalue weighted by molar-refractivity contribution is 7.18. The molecule has 4 aromatic rings. The summed E-state index contributed by atoms with van der Waals surface area (Å²) in [5, 5.41) is 12.4. The molecule has 0 amide bonds. The molecule has 8 nitrogen and oxygen atoms in total. The number of nitrogens with two attached hydrogens (primary N) is 1. The van der Waals surface area contributed by atoms with Crippen molar-refractivity contribution in [3.8, 4) is 28.0 Å². The molecule has 10 heteroatoms. The molecule has 3 N–H and O–H groups in total. The summed E-state index contributed by atoms with van der Waals surface area (Å²) >= 11 is 0. The number of phenolic OH excluding ortho intramolecular Hbond substituents is 1. The van der Waals surface area contributed by atoms with Crippen LogP contribution in [0.5, 0.6) is 5.75 Å². The molecule has 1 heterocycles. The molecule has 0 bridgehead atoms. The Labute approximate surface area is 240 Å². The average molecular weight is 577 g/mol. The van der Waals surface area contributed by atoms with Crippen molar-refractivity contribution < 1.29 is 23.8 Å². The summed E-state index contributed by atoms with van der Waals surface area (Å²) in [5.74, 6) is -0.556. The fourth-order valence-electron chi connectivity index (χ4n) is 4.07. The minimum absolute atomic E-state index is 0.0108. The number of hydrogen-bond acceptors (Lipinski definition) is 7. The zero-order valence-electron chi connectivity index (χ0n) is 23.5. The van der Waals surface area contributed by atoms with E-state index in [4.69, 9.17) is 10.5 Å². The number of ether oxygens (including phenoxy) is 1. The Morgan fingerprint density at radius 3 is 2.12 bits per heavy atom. The fourth-order valence-corrected chi connectivity index (χ4v) is 4.26. The molecule has 4 rings (SSSR count). The highest BCUT2D eigenvalue weighted by Crippen LogP contribution is 2.32. The molecule has 0 spiro atoms. The van der Waals surface area contributed by atoms with Crippen LogP contribution in [0.25, 0.3) is 22.3 Å². The number of aryl methyl sites for hydroxylation is 1. The van der Waals surface area contributed by atoms with Crippen molar-refractivity contribution >= 4 is 21.1 Å². The number of halogens is 1. The molecule has 0 aliphatic carbocycles. The lowest BCUT2D eigenvalue weighted by atomic mass is 9.96. The highest BCUT2D eigenvalue weighted by atomic mass is 31.0. The van der Waals surface area contributed by atoms with Gasteiger partial charge in [-0.05, 0) is 52.9 Å². The van der Waals surface area contributed by atoms with Gasteiger partial charge in [-0.25, -0.2) is 9.18 Å². The van der Waals surface area contributed by atoms with E-state index in [0.29, 0.717) is 22.2 Å². The normalized spacial score (nSPS) is 12.6. The number of phenols is 1. The molecule has 214 valence electrons. The summed E-state index contributed by atoms with van der Waals surface area (Å²) in [6.07, 6.45) is 2.56. The van der Waals surface area contributed by atoms with Gasteiger partial charge in [0.15, 0.2) is 10.9 Å². The van der Waals surface area contributed by atoms with Gasteiger partial charge in [-0.1, -0.05) is 64.7 Å². The third-order valence-corrected chi connectivity index (χ3v) is 6.99. The Morgan fingerprint density at radius 1 is 1.05 bits per heavy atom. The van der Waals surface area contributed by atoms with Crippen molar-refractivity contribution in [2.45, 2.75) is 25.7 Å². The van der Waals surface area contributed by atoms with Gasteiger partial charge < -0.3 is 15.6 Å². The van der Waals surface area contributed by atoms with Gasteiger partial charge in [0.1, 0.15) is 5.75 Å². The second-order valence-corrected chi connectivity index (χ2v) is 10.1. The molecule has 0 fully saturated rings. The summed E-state index contributed by atoms with van der Waals surface area (Å²) < 4.78 is 19.6. The molecule has 0 saturated carbocycles. The van der Waals surface area contributed by atoms with Crippen LogP contribution >= 0.6 is 9.24 Å². The zero-order valence-corrected chi connectivity index (χ0v) is 24.6. The van der Waals surface area contributed by atoms with E-state index in [1.165, 1.54) is 24.3 Å². The number of carbonyl (C=O) groups excluding carboxylic acids is 2. The smallest absolute Gasteiger partial charge is 0.337 e. The van der Waals surface area contributed by atoms with Gasteiger partial charge in [0.05, 0.1) is 18.9 Å². The quantitative estimate of drug-likeness (QED) is 0.243. The second kappa shape index (κ2) is 13.9. The molecule has 41 heavy (non-hydrogen) atoms. The first-order valence-electron chi connectivity index (χ1n) is 12.9. The molecule has 3 aromatic carbocycles. The monoisotopic (exact) mass is 576 g/mol. The molecular formula is C31H34FN4O4P. The average Bonchev–Trinajstić information content (AvgIpc) is 3.00. The standard InChI is InChI=1S/C21H19N3O4.C10H15FNP/c1-13(25)24-20(22-2)19(15-8-10-17(26)11-9-15)18(12-23-24)14-4-6-16(7-5-14)21(27)28-3;1-2-8-3-5-9(6-4-8)10(11,13)7-12/h4-12,26H,1-3H3;3-6H,2,7,12-13H2,1H3. The lowest BCUT2D eigenvalue weighted by Gasteiger charge is -2.18. The Balaban J connectivity index is 0.000000298. The summed E-state index contributed by atoms with van der Waals surface area (Å²) in [6, 6.07) is 21.0. The van der Waals surface area contributed by atoms with Gasteiger partial charge in [-0.15, -0.1) is 0 Å². The van der Waals surface area contributed by atoms with Crippen LogP contribution in [0.3, 0.4) is 0 Å². The fraction of sp³-hybridized carbons (Fsp3) is 0.226. The van der Waals surface area contributed by atoms with Gasteiger partial charge in [0, 0.05) is 31.6 Å². The minimum atomic E-state index is -1.48. The van der Waals surface area contributed by atoms with E-state index in [1.54, 1.807) is 73.9 Å². The summed E-state index contributed by atoms with van der Waals surface area (Å²) in [7, 11) is 5.06. The van der Waals surface area contributed by atoms with E-state index in [0.717, 1.165) is 23.1 Å². The van der Waals surface area contributed by atoms with Crippen LogP contribution in [0, 0.1) is 0 Å². The van der Waals surface area contributed by atoms with E-state index in [-0.39, 0.29) is 18.2 Å². The maximum atomic E-state index is 13.6. The number of hydrogen-bond donors (Lipinski definition) is 2. The number of esters is 1. The van der Waals surface area contributed by atoms with E-state index in [1.807, 2.05) is 12.1 Å². The first kappa shape index (κ1) is 31.3. The minimum Gasteiger partial charge on any atom is -0.508 e. The first-order chi connectivity index (χ1) is 19.6. The predicted molar refractivity (Wildman–Crippen MR) is 161 cm³/mol. The molecule has 0 aliphatic rings. The SMILES string of the molecule is CCc1ccc(C(F)(P)CN)cc1.CN=c1c(-c2ccc(O)cc2)c(-c2ccc(C(=O)OC)cc2)cnn1C(C)=O. The van der Waals surface area contributed by atoms with Crippen LogP contribution in [0.2, 0.25) is 0 Å². The number of aromatic nitrogens is 2. The summed E-state index contributed by atoms with van der Waals surface area (Å²) in [5.41, 5.74) is 11.0. The molecule has 0 radical (unpaired) electrons. The Morgan fingerprint density at radius 2 is 1.63 bits per heavy atom. The number of aromatic hydroxyl groups is 1. The van der Waals surface area contributed by atoms with E-state index < -0.39 is 11.4 Å². The van der Waals surface area contributed by atoms with Crippen molar-refractivity contribution in [1.82, 2.24) is 9.78 Å². The Kier molecular flexibility index (Phi) is 10.6. The molecule has 1 aromatic heterocycles. The van der Waals surface area contributed by atoms with Gasteiger partial charge in [-0.2, -0.15) is 9.78 Å². The maximum Gasteiger partial charge on any atom is 0.337 e. The lowest BCUT2D eigenvalue weighted by Crippen LogP contribution is -2.30. The van der Waals surface area contributed by atoms with Gasteiger partial charge in [0.25, 0.3) is 0 Å². The van der Waals surface area contributed by atoms with Crippen LogP contribution in [-0.4, -0.2) is 47.5 Å². The van der Waals surface area contributed by atoms with E-state index in [2.05, 4.69) is 26.3 Å². The number of methoxy groups -OCH3 is 1. The van der Waals surface area contributed by atoms with Crippen molar-refractivity contribution in [2.75, 3.05) is 20.7 Å². The van der Waals surface area contributed by atoms with Crippen LogP contribution in [0.15, 0.2) is 84.0 Å². The summed E-state index contributed by atoms with van der Waals surface area (Å²) in [6.45, 7) is 3.47. The van der Waals surface area contributed by atoms with Crippen molar-refractivity contribution in [3.05, 3.63) is 101 Å². The largest absolute Gasteiger partial charge is 0.508 e. The molecule has 0 saturated heterocycles. The zero-order chi connectivity index (χ0) is 30.2. The van der Waals surface area contributed by atoms with Gasteiger partial charge >= 0.3 is 5.97 Å². The lowest BCUT2D eigenvalue weighted by molar-refractivity contribution is 0.0600. The van der Waals surface area contributed by atoms with Crippen molar-refractivity contribution in [1.29, 1.82) is 0 Å². The first-order valence-corrected chi connectivity index (χ1v) is 13.5. The molecule has 0 aliphatic heterocycles. The predicted octanol–water partition coefficient (Wildman–Crippen LogP) is 5.11. The number of benzene rings is 3. The number of alkyl halides is 1.